The van der Waals surface area contributed by atoms with Crippen LogP contribution in [0.5, 0.6) is 0 Å². The van der Waals surface area contributed by atoms with E-state index in [1.165, 1.54) is 131 Å². The van der Waals surface area contributed by atoms with Crippen LogP contribution in [0, 0.1) is 27.7 Å². The predicted molar refractivity (Wildman–Crippen MR) is 219 cm³/mol. The van der Waals surface area contributed by atoms with Crippen LogP contribution in [0.2, 0.25) is 0 Å². The minimum absolute atomic E-state index is 1.28. The van der Waals surface area contributed by atoms with E-state index >= 15 is 0 Å². The van der Waals surface area contributed by atoms with Crippen molar-refractivity contribution in [2.24, 2.45) is 0 Å². The molecule has 0 saturated heterocycles. The zero-order chi connectivity index (χ0) is 33.4. The molecule has 0 saturated carbocycles. The number of hydrogen-bond acceptors (Lipinski definition) is 0. The van der Waals surface area contributed by atoms with Crippen LogP contribution < -0.4 is 0 Å². The Morgan fingerprint density at radius 2 is 0.600 bits per heavy atom. The Bertz CT molecular complexity index is 3010. The third-order valence-corrected chi connectivity index (χ3v) is 12.1. The molecule has 0 aliphatic rings. The highest BCUT2D eigenvalue weighted by atomic mass is 14.2. The number of rotatable bonds is 2. The third kappa shape index (κ3) is 3.56. The van der Waals surface area contributed by atoms with Crippen LogP contribution in [-0.2, 0) is 0 Å². The van der Waals surface area contributed by atoms with Gasteiger partial charge in [-0.2, -0.15) is 0 Å². The molecule has 0 radical (unpaired) electrons. The van der Waals surface area contributed by atoms with Gasteiger partial charge in [0, 0.05) is 0 Å². The molecular formula is C50H34. The Morgan fingerprint density at radius 1 is 0.260 bits per heavy atom. The topological polar surface area (TPSA) is 0 Å². The summed E-state index contributed by atoms with van der Waals surface area (Å²) in [6.45, 7) is 8.91. The molecule has 0 aliphatic heterocycles. The Kier molecular flexibility index (Phi) is 5.47. The molecule has 0 fully saturated rings. The van der Waals surface area contributed by atoms with Gasteiger partial charge in [0.2, 0.25) is 0 Å². The fraction of sp³-hybridized carbons (Fsp3) is 0.0800. The van der Waals surface area contributed by atoms with Gasteiger partial charge >= 0.3 is 0 Å². The van der Waals surface area contributed by atoms with E-state index in [0.29, 0.717) is 0 Å². The highest BCUT2D eigenvalue weighted by molar-refractivity contribution is 6.40. The molecule has 0 aromatic heterocycles. The van der Waals surface area contributed by atoms with E-state index in [2.05, 4.69) is 161 Å². The van der Waals surface area contributed by atoms with Crippen LogP contribution in [0.4, 0.5) is 0 Å². The van der Waals surface area contributed by atoms with Crippen LogP contribution in [0.25, 0.3) is 108 Å². The van der Waals surface area contributed by atoms with Crippen molar-refractivity contribution >= 4 is 86.2 Å². The van der Waals surface area contributed by atoms with Gasteiger partial charge in [-0.1, -0.05) is 109 Å². The summed E-state index contributed by atoms with van der Waals surface area (Å²) in [6, 6.07) is 51.1. The van der Waals surface area contributed by atoms with E-state index in [1.54, 1.807) is 0 Å². The highest BCUT2D eigenvalue weighted by Gasteiger charge is 2.20. The average molecular weight is 635 g/mol. The van der Waals surface area contributed by atoms with Gasteiger partial charge in [0.05, 0.1) is 0 Å². The molecule has 11 rings (SSSR count). The molecule has 11 aromatic rings. The summed E-state index contributed by atoms with van der Waals surface area (Å²) >= 11 is 0. The maximum Gasteiger partial charge on any atom is -0.00199 e. The first-order valence-electron chi connectivity index (χ1n) is 17.8. The second-order valence-corrected chi connectivity index (χ2v) is 14.6. The van der Waals surface area contributed by atoms with Crippen LogP contribution >= 0.6 is 0 Å². The summed E-state index contributed by atoms with van der Waals surface area (Å²) in [6.07, 6.45) is 0. The smallest absolute Gasteiger partial charge is 0.00199 e. The standard InChI is InChI=1S/C50H34/c1-27-9-5-11-33(29(27)3)31-17-19-35-39-13-7-15-41-37-21-22-38-42-16-8-14-40-36-20-18-32(34-12-6-10-28(2)30(34)4)24-44(36)48(50(40)42)26-46(38)45(37)25-47(49(39)41)43(35)23-31/h5-26H,1-4H3. The molecule has 0 aliphatic carbocycles. The molecule has 234 valence electrons. The maximum absolute atomic E-state index is 2.51. The van der Waals surface area contributed by atoms with Crippen molar-refractivity contribution in [2.75, 3.05) is 0 Å². The lowest BCUT2D eigenvalue weighted by atomic mass is 9.91. The van der Waals surface area contributed by atoms with Gasteiger partial charge < -0.3 is 0 Å². The van der Waals surface area contributed by atoms with Crippen molar-refractivity contribution in [1.29, 1.82) is 0 Å². The van der Waals surface area contributed by atoms with Crippen molar-refractivity contribution in [1.82, 2.24) is 0 Å². The molecule has 0 heteroatoms. The zero-order valence-corrected chi connectivity index (χ0v) is 28.7. The Labute approximate surface area is 290 Å². The zero-order valence-electron chi connectivity index (χ0n) is 28.7. The summed E-state index contributed by atoms with van der Waals surface area (Å²) in [5, 5.41) is 21.5. The molecule has 0 nitrogen and oxygen atoms in total. The van der Waals surface area contributed by atoms with Crippen LogP contribution in [0.3, 0.4) is 0 Å². The largest absolute Gasteiger partial charge is 0.0614 e. The van der Waals surface area contributed by atoms with Crippen LogP contribution in [0.15, 0.2) is 133 Å². The van der Waals surface area contributed by atoms with Crippen molar-refractivity contribution in [3.05, 3.63) is 156 Å². The molecule has 0 N–H and O–H groups in total. The first-order valence-corrected chi connectivity index (χ1v) is 17.8. The van der Waals surface area contributed by atoms with Gasteiger partial charge in [0.15, 0.2) is 0 Å². The summed E-state index contributed by atoms with van der Waals surface area (Å²) in [5.74, 6) is 0. The van der Waals surface area contributed by atoms with Gasteiger partial charge in [-0.3, -0.25) is 0 Å². The minimum atomic E-state index is 1.28. The van der Waals surface area contributed by atoms with Crippen molar-refractivity contribution in [2.45, 2.75) is 27.7 Å². The van der Waals surface area contributed by atoms with Crippen LogP contribution in [-0.4, -0.2) is 0 Å². The Balaban J connectivity index is 1.26. The lowest BCUT2D eigenvalue weighted by molar-refractivity contribution is 1.34. The lowest BCUT2D eigenvalue weighted by Gasteiger charge is -2.12. The molecule has 50 heavy (non-hydrogen) atoms. The molecule has 0 atom stereocenters. The number of benzene rings is 9. The van der Waals surface area contributed by atoms with Crippen LogP contribution in [0.1, 0.15) is 22.3 Å². The van der Waals surface area contributed by atoms with Gasteiger partial charge in [-0.15, -0.1) is 0 Å². The summed E-state index contributed by atoms with van der Waals surface area (Å²) in [4.78, 5) is 0. The van der Waals surface area contributed by atoms with E-state index in [1.807, 2.05) is 0 Å². The first kappa shape index (κ1) is 27.9. The molecule has 0 heterocycles. The van der Waals surface area contributed by atoms with E-state index in [4.69, 9.17) is 0 Å². The molecular weight excluding hydrogens is 601 g/mol. The Morgan fingerprint density at radius 3 is 1.00 bits per heavy atom. The molecule has 0 bridgehead atoms. The lowest BCUT2D eigenvalue weighted by Crippen LogP contribution is -1.86. The molecule has 0 spiro atoms. The first-order chi connectivity index (χ1) is 24.5. The number of fused-ring (bicyclic) bond motifs is 11. The minimum Gasteiger partial charge on any atom is -0.0614 e. The normalized spacial score (nSPS) is 12.4. The second-order valence-electron chi connectivity index (χ2n) is 14.6. The quantitative estimate of drug-likeness (QED) is 0.166. The summed E-state index contributed by atoms with van der Waals surface area (Å²) in [7, 11) is 0. The fourth-order valence-electron chi connectivity index (χ4n) is 9.32. The number of aryl methyl sites for hydroxylation is 2. The second kappa shape index (κ2) is 9.80. The average Bonchev–Trinajstić information content (AvgIpc) is 3.64. The van der Waals surface area contributed by atoms with E-state index in [-0.39, 0.29) is 0 Å². The van der Waals surface area contributed by atoms with Crippen molar-refractivity contribution in [3.63, 3.8) is 0 Å². The highest BCUT2D eigenvalue weighted by Crippen LogP contribution is 2.48. The number of hydrogen-bond donors (Lipinski definition) is 0. The summed E-state index contributed by atoms with van der Waals surface area (Å²) in [5.41, 5.74) is 10.6. The molecule has 0 amide bonds. The monoisotopic (exact) mass is 634 g/mol. The predicted octanol–water partition coefficient (Wildman–Crippen LogP) is 14.4. The third-order valence-electron chi connectivity index (χ3n) is 12.1. The summed E-state index contributed by atoms with van der Waals surface area (Å²) < 4.78 is 0. The molecule has 11 aromatic carbocycles. The molecule has 0 unspecified atom stereocenters. The fourth-order valence-corrected chi connectivity index (χ4v) is 9.32. The van der Waals surface area contributed by atoms with Gasteiger partial charge in [0.1, 0.15) is 0 Å². The van der Waals surface area contributed by atoms with Crippen molar-refractivity contribution in [3.8, 4) is 22.3 Å². The van der Waals surface area contributed by atoms with E-state index in [9.17, 15) is 0 Å². The SMILES string of the molecule is Cc1cccc(-c2ccc3c(c2)c2cc4c5cc6c7cc(-c8cccc(C)c8C)ccc7c7cccc(c5ccc4c4cccc3c42)c76)c1C. The Hall–Kier alpha value is -5.98. The van der Waals surface area contributed by atoms with Gasteiger partial charge in [-0.05, 0) is 183 Å². The van der Waals surface area contributed by atoms with E-state index < -0.39 is 0 Å². The van der Waals surface area contributed by atoms with E-state index in [0.717, 1.165) is 0 Å². The van der Waals surface area contributed by atoms with Gasteiger partial charge in [-0.25, -0.2) is 0 Å². The maximum atomic E-state index is 2.51. The van der Waals surface area contributed by atoms with Crippen molar-refractivity contribution < 1.29 is 0 Å². The van der Waals surface area contributed by atoms with Gasteiger partial charge in [0.25, 0.3) is 0 Å².